The molecule has 0 unspecified atom stereocenters. The van der Waals surface area contributed by atoms with Gasteiger partial charge in [0.1, 0.15) is 5.82 Å². The maximum absolute atomic E-state index is 13.2. The molecule has 1 amide bonds. The van der Waals surface area contributed by atoms with Crippen LogP contribution in [0, 0.1) is 5.82 Å². The molecule has 1 saturated heterocycles. The van der Waals surface area contributed by atoms with Crippen LogP contribution in [0.15, 0.2) is 70.5 Å². The van der Waals surface area contributed by atoms with Gasteiger partial charge in [0.2, 0.25) is 15.5 Å². The topological polar surface area (TPSA) is 101 Å². The Morgan fingerprint density at radius 3 is 2.42 bits per heavy atom. The molecule has 1 fully saturated rings. The van der Waals surface area contributed by atoms with Crippen LogP contribution in [0.5, 0.6) is 0 Å². The minimum Gasteiger partial charge on any atom is -0.320 e. The van der Waals surface area contributed by atoms with Crippen molar-refractivity contribution in [2.45, 2.75) is 37.1 Å². The summed E-state index contributed by atoms with van der Waals surface area (Å²) in [5.74, 6) is -1.16. The molecule has 3 aromatic rings. The van der Waals surface area contributed by atoms with Crippen molar-refractivity contribution in [1.29, 1.82) is 0 Å². The van der Waals surface area contributed by atoms with E-state index < -0.39 is 27.2 Å². The molecule has 8 nitrogen and oxygen atoms in total. The standard InChI is InChI=1S/C23H23FN4O4S/c1-16-4-2-3-14-28(16)33(31,32)20-11-7-18(8-12-20)25-23(30)22-21(29)13-15-27(26-22)19-9-5-17(24)6-10-19/h5-13,15-16H,2-4,14H2,1H3,(H,25,30)/t16-/m1/s1. The number of carbonyl (C=O) groups is 1. The number of nitrogens with one attached hydrogen (secondary N) is 1. The lowest BCUT2D eigenvalue weighted by Gasteiger charge is -2.32. The zero-order chi connectivity index (χ0) is 23.6. The molecule has 1 atom stereocenters. The predicted octanol–water partition coefficient (Wildman–Crippen LogP) is 3.19. The molecule has 33 heavy (non-hydrogen) atoms. The Morgan fingerprint density at radius 1 is 1.06 bits per heavy atom. The number of nitrogens with zero attached hydrogens (tertiary/aromatic N) is 3. The number of carbonyl (C=O) groups excluding carboxylic acids is 1. The fourth-order valence-corrected chi connectivity index (χ4v) is 5.47. The summed E-state index contributed by atoms with van der Waals surface area (Å²) in [6, 6.07) is 12.4. The van der Waals surface area contributed by atoms with Gasteiger partial charge in [0.25, 0.3) is 5.91 Å². The minimum atomic E-state index is -3.63. The fraction of sp³-hybridized carbons (Fsp3) is 0.261. The van der Waals surface area contributed by atoms with E-state index in [1.807, 2.05) is 6.92 Å². The molecule has 1 aliphatic heterocycles. The van der Waals surface area contributed by atoms with Crippen molar-refractivity contribution in [2.24, 2.45) is 0 Å². The number of amides is 1. The summed E-state index contributed by atoms with van der Waals surface area (Å²) in [6.45, 7) is 2.39. The first-order chi connectivity index (χ1) is 15.8. The van der Waals surface area contributed by atoms with Gasteiger partial charge < -0.3 is 5.32 Å². The van der Waals surface area contributed by atoms with Crippen LogP contribution in [0.1, 0.15) is 36.7 Å². The quantitative estimate of drug-likeness (QED) is 0.617. The average Bonchev–Trinajstić information content (AvgIpc) is 2.80. The van der Waals surface area contributed by atoms with Crippen LogP contribution < -0.4 is 10.7 Å². The Kier molecular flexibility index (Phi) is 6.39. The van der Waals surface area contributed by atoms with E-state index in [1.54, 1.807) is 0 Å². The van der Waals surface area contributed by atoms with Gasteiger partial charge in [-0.2, -0.15) is 9.40 Å². The van der Waals surface area contributed by atoms with Crippen LogP contribution in [0.3, 0.4) is 0 Å². The first kappa shape index (κ1) is 22.8. The van der Waals surface area contributed by atoms with Gasteiger partial charge in [-0.05, 0) is 68.3 Å². The summed E-state index contributed by atoms with van der Waals surface area (Å²) in [5.41, 5.74) is -0.124. The van der Waals surface area contributed by atoms with Crippen molar-refractivity contribution < 1.29 is 17.6 Å². The van der Waals surface area contributed by atoms with Crippen molar-refractivity contribution in [1.82, 2.24) is 14.1 Å². The first-order valence-corrected chi connectivity index (χ1v) is 12.0. The Balaban J connectivity index is 1.53. The van der Waals surface area contributed by atoms with E-state index in [1.165, 1.54) is 69.8 Å². The van der Waals surface area contributed by atoms with Crippen LogP contribution in [-0.4, -0.2) is 41.0 Å². The van der Waals surface area contributed by atoms with E-state index in [2.05, 4.69) is 10.4 Å². The minimum absolute atomic E-state index is 0.0597. The number of benzene rings is 2. The molecular weight excluding hydrogens is 447 g/mol. The second kappa shape index (κ2) is 9.24. The largest absolute Gasteiger partial charge is 0.320 e. The lowest BCUT2D eigenvalue weighted by Crippen LogP contribution is -2.41. The number of hydrogen-bond donors (Lipinski definition) is 1. The van der Waals surface area contributed by atoms with Crippen molar-refractivity contribution in [3.8, 4) is 5.69 Å². The number of rotatable bonds is 5. The monoisotopic (exact) mass is 470 g/mol. The summed E-state index contributed by atoms with van der Waals surface area (Å²) in [5, 5.41) is 6.63. The lowest BCUT2D eigenvalue weighted by molar-refractivity contribution is 0.101. The summed E-state index contributed by atoms with van der Waals surface area (Å²) in [6.07, 6.45) is 4.05. The summed E-state index contributed by atoms with van der Waals surface area (Å²) in [4.78, 5) is 25.0. The van der Waals surface area contributed by atoms with Crippen molar-refractivity contribution in [2.75, 3.05) is 11.9 Å². The van der Waals surface area contributed by atoms with Crippen LogP contribution in [0.25, 0.3) is 5.69 Å². The van der Waals surface area contributed by atoms with Crippen LogP contribution in [0.4, 0.5) is 10.1 Å². The third kappa shape index (κ3) is 4.86. The zero-order valence-electron chi connectivity index (χ0n) is 17.9. The van der Waals surface area contributed by atoms with E-state index >= 15 is 0 Å². The highest BCUT2D eigenvalue weighted by Gasteiger charge is 2.30. The molecule has 1 aromatic heterocycles. The SMILES string of the molecule is C[C@@H]1CCCCN1S(=O)(=O)c1ccc(NC(=O)c2nn(-c3ccc(F)cc3)ccc2=O)cc1. The van der Waals surface area contributed by atoms with Crippen LogP contribution >= 0.6 is 0 Å². The Hall–Kier alpha value is -3.37. The maximum atomic E-state index is 13.2. The van der Waals surface area contributed by atoms with E-state index in [4.69, 9.17) is 0 Å². The molecule has 1 aliphatic rings. The third-order valence-electron chi connectivity index (χ3n) is 5.58. The molecule has 4 rings (SSSR count). The highest BCUT2D eigenvalue weighted by Crippen LogP contribution is 2.26. The summed E-state index contributed by atoms with van der Waals surface area (Å²) < 4.78 is 41.9. The molecule has 2 heterocycles. The van der Waals surface area contributed by atoms with Crippen LogP contribution in [0.2, 0.25) is 0 Å². The number of sulfonamides is 1. The van der Waals surface area contributed by atoms with Gasteiger partial charge in [0, 0.05) is 30.5 Å². The van der Waals surface area contributed by atoms with Gasteiger partial charge in [-0.15, -0.1) is 0 Å². The van der Waals surface area contributed by atoms with E-state index in [0.29, 0.717) is 17.9 Å². The summed E-state index contributed by atoms with van der Waals surface area (Å²) >= 11 is 0. The molecule has 172 valence electrons. The van der Waals surface area contributed by atoms with Gasteiger partial charge in [-0.25, -0.2) is 17.5 Å². The Bertz CT molecular complexity index is 1320. The third-order valence-corrected chi connectivity index (χ3v) is 7.60. The molecule has 2 aromatic carbocycles. The molecular formula is C23H23FN4O4S. The van der Waals surface area contributed by atoms with E-state index in [-0.39, 0.29) is 16.6 Å². The van der Waals surface area contributed by atoms with E-state index in [0.717, 1.165) is 19.3 Å². The average molecular weight is 471 g/mol. The Morgan fingerprint density at radius 2 is 1.76 bits per heavy atom. The fourth-order valence-electron chi connectivity index (χ4n) is 3.77. The molecule has 0 aliphatic carbocycles. The van der Waals surface area contributed by atoms with E-state index in [9.17, 15) is 22.4 Å². The van der Waals surface area contributed by atoms with Crippen molar-refractivity contribution in [3.05, 3.63) is 82.5 Å². The van der Waals surface area contributed by atoms with Gasteiger partial charge >= 0.3 is 0 Å². The summed E-state index contributed by atoms with van der Waals surface area (Å²) in [7, 11) is -3.63. The number of anilines is 1. The number of hydrogen-bond acceptors (Lipinski definition) is 5. The molecule has 1 N–H and O–H groups in total. The second-order valence-corrected chi connectivity index (χ2v) is 9.78. The second-order valence-electron chi connectivity index (χ2n) is 7.89. The number of aromatic nitrogens is 2. The maximum Gasteiger partial charge on any atom is 0.280 e. The predicted molar refractivity (Wildman–Crippen MR) is 121 cm³/mol. The van der Waals surface area contributed by atoms with Gasteiger partial charge in [0.05, 0.1) is 10.6 Å². The van der Waals surface area contributed by atoms with Crippen molar-refractivity contribution >= 4 is 21.6 Å². The van der Waals surface area contributed by atoms with Crippen LogP contribution in [-0.2, 0) is 10.0 Å². The molecule has 0 spiro atoms. The van der Waals surface area contributed by atoms with Gasteiger partial charge in [-0.1, -0.05) is 6.42 Å². The highest BCUT2D eigenvalue weighted by atomic mass is 32.2. The lowest BCUT2D eigenvalue weighted by atomic mass is 10.1. The first-order valence-electron chi connectivity index (χ1n) is 10.5. The molecule has 0 radical (unpaired) electrons. The smallest absolute Gasteiger partial charge is 0.280 e. The van der Waals surface area contributed by atoms with Crippen molar-refractivity contribution in [3.63, 3.8) is 0 Å². The molecule has 0 saturated carbocycles. The zero-order valence-corrected chi connectivity index (χ0v) is 18.8. The van der Waals surface area contributed by atoms with Gasteiger partial charge in [-0.3, -0.25) is 9.59 Å². The molecule has 10 heteroatoms. The number of piperidine rings is 1. The van der Waals surface area contributed by atoms with Gasteiger partial charge in [0.15, 0.2) is 5.69 Å². The normalized spacial score (nSPS) is 17.0. The number of halogens is 1. The Labute approximate surface area is 190 Å². The highest BCUT2D eigenvalue weighted by molar-refractivity contribution is 7.89. The molecule has 0 bridgehead atoms.